The Kier molecular flexibility index (Phi) is 3.45. The summed E-state index contributed by atoms with van der Waals surface area (Å²) >= 11 is 0. The van der Waals surface area contributed by atoms with Gasteiger partial charge in [0.15, 0.2) is 0 Å². The lowest BCUT2D eigenvalue weighted by atomic mass is 9.92. The van der Waals surface area contributed by atoms with Crippen LogP contribution in [0.25, 0.3) is 0 Å². The zero-order valence-electron chi connectivity index (χ0n) is 10.3. The van der Waals surface area contributed by atoms with Gasteiger partial charge in [0.25, 0.3) is 0 Å². The van der Waals surface area contributed by atoms with Gasteiger partial charge in [-0.05, 0) is 40.5 Å². The molecule has 16 heavy (non-hydrogen) atoms. The summed E-state index contributed by atoms with van der Waals surface area (Å²) in [6.45, 7) is 7.75. The predicted molar refractivity (Wildman–Crippen MR) is 60.0 cm³/mol. The highest BCUT2D eigenvalue weighted by Gasteiger charge is 2.37. The molecule has 0 saturated carbocycles. The van der Waals surface area contributed by atoms with Crippen LogP contribution < -0.4 is 10.6 Å². The molecule has 0 aliphatic carbocycles. The molecule has 2 N–H and O–H groups in total. The van der Waals surface area contributed by atoms with Gasteiger partial charge >= 0.3 is 6.09 Å². The van der Waals surface area contributed by atoms with E-state index in [9.17, 15) is 9.59 Å². The van der Waals surface area contributed by atoms with Crippen molar-refractivity contribution in [2.75, 3.05) is 6.54 Å². The maximum atomic E-state index is 11.6. The number of amides is 2. The average Bonchev–Trinajstić information content (AvgIpc) is 2.06. The van der Waals surface area contributed by atoms with Gasteiger partial charge in [0.05, 0.1) is 0 Å². The first-order chi connectivity index (χ1) is 7.23. The highest BCUT2D eigenvalue weighted by atomic mass is 16.6. The molecule has 1 aliphatic rings. The summed E-state index contributed by atoms with van der Waals surface area (Å²) in [6.07, 6.45) is 0.947. The van der Waals surface area contributed by atoms with Gasteiger partial charge in [0.1, 0.15) is 11.1 Å². The number of ether oxygens (including phenoxy) is 1. The zero-order valence-corrected chi connectivity index (χ0v) is 10.3. The van der Waals surface area contributed by atoms with Crippen LogP contribution in [0, 0.1) is 0 Å². The van der Waals surface area contributed by atoms with E-state index in [2.05, 4.69) is 10.6 Å². The van der Waals surface area contributed by atoms with Crippen molar-refractivity contribution in [2.24, 2.45) is 0 Å². The molecule has 0 radical (unpaired) electrons. The maximum absolute atomic E-state index is 11.6. The van der Waals surface area contributed by atoms with Crippen molar-refractivity contribution in [3.05, 3.63) is 0 Å². The van der Waals surface area contributed by atoms with Gasteiger partial charge in [-0.1, -0.05) is 0 Å². The number of hydrogen-bond acceptors (Lipinski definition) is 3. The highest BCUT2D eigenvalue weighted by molar-refractivity contribution is 5.90. The summed E-state index contributed by atoms with van der Waals surface area (Å²) in [6, 6.07) is 0. The second kappa shape index (κ2) is 4.31. The first-order valence-electron chi connectivity index (χ1n) is 5.52. The number of hydrogen-bond donors (Lipinski definition) is 2. The molecule has 1 unspecified atom stereocenters. The minimum absolute atomic E-state index is 0.149. The first kappa shape index (κ1) is 12.8. The Bertz CT molecular complexity index is 296. The van der Waals surface area contributed by atoms with Gasteiger partial charge in [-0.3, -0.25) is 4.79 Å². The summed E-state index contributed by atoms with van der Waals surface area (Å²) in [5.41, 5.74) is -1.40. The molecule has 1 fully saturated rings. The van der Waals surface area contributed by atoms with Gasteiger partial charge in [-0.25, -0.2) is 4.79 Å². The minimum atomic E-state index is -0.847. The van der Waals surface area contributed by atoms with Crippen molar-refractivity contribution >= 4 is 12.0 Å². The van der Waals surface area contributed by atoms with Crippen LogP contribution in [0.15, 0.2) is 0 Å². The summed E-state index contributed by atoms with van der Waals surface area (Å²) in [7, 11) is 0. The van der Waals surface area contributed by atoms with Crippen LogP contribution >= 0.6 is 0 Å². The van der Waals surface area contributed by atoms with Crippen molar-refractivity contribution in [1.29, 1.82) is 0 Å². The minimum Gasteiger partial charge on any atom is -0.444 e. The molecular weight excluding hydrogens is 208 g/mol. The summed E-state index contributed by atoms with van der Waals surface area (Å²) in [5, 5.41) is 5.36. The second-order valence-corrected chi connectivity index (χ2v) is 5.32. The zero-order chi connectivity index (χ0) is 12.4. The topological polar surface area (TPSA) is 67.4 Å². The van der Waals surface area contributed by atoms with E-state index in [1.54, 1.807) is 27.7 Å². The Morgan fingerprint density at radius 2 is 2.12 bits per heavy atom. The predicted octanol–water partition coefficient (Wildman–Crippen LogP) is 1.18. The van der Waals surface area contributed by atoms with E-state index in [0.29, 0.717) is 13.0 Å². The van der Waals surface area contributed by atoms with Crippen LogP contribution in [0.1, 0.15) is 40.5 Å². The number of rotatable bonds is 1. The summed E-state index contributed by atoms with van der Waals surface area (Å²) < 4.78 is 5.12. The number of nitrogens with one attached hydrogen (secondary N) is 2. The van der Waals surface area contributed by atoms with Gasteiger partial charge in [-0.15, -0.1) is 0 Å². The molecule has 1 saturated heterocycles. The van der Waals surface area contributed by atoms with Crippen molar-refractivity contribution < 1.29 is 14.3 Å². The number of alkyl carbamates (subject to hydrolysis) is 1. The molecule has 1 heterocycles. The number of carbonyl (C=O) groups is 2. The Balaban J connectivity index is 2.58. The number of piperidine rings is 1. The standard InChI is InChI=1S/C11H20N2O3/c1-10(2,3)16-9(15)13-11(4)6-5-7-12-8(11)14/h5-7H2,1-4H3,(H,12,14)(H,13,15). The lowest BCUT2D eigenvalue weighted by molar-refractivity contribution is -0.128. The highest BCUT2D eigenvalue weighted by Crippen LogP contribution is 2.17. The molecule has 5 heteroatoms. The van der Waals surface area contributed by atoms with Crippen LogP contribution in [0.2, 0.25) is 0 Å². The maximum Gasteiger partial charge on any atom is 0.408 e. The van der Waals surface area contributed by atoms with E-state index in [1.807, 2.05) is 0 Å². The molecular formula is C11H20N2O3. The van der Waals surface area contributed by atoms with Crippen LogP contribution in [0.5, 0.6) is 0 Å². The van der Waals surface area contributed by atoms with Crippen molar-refractivity contribution in [1.82, 2.24) is 10.6 Å². The van der Waals surface area contributed by atoms with E-state index in [4.69, 9.17) is 4.74 Å². The molecule has 0 bridgehead atoms. The van der Waals surface area contributed by atoms with Crippen LogP contribution in [0.4, 0.5) is 4.79 Å². The first-order valence-corrected chi connectivity index (χ1v) is 5.52. The van der Waals surface area contributed by atoms with Gasteiger partial charge in [0.2, 0.25) is 5.91 Å². The van der Waals surface area contributed by atoms with Crippen LogP contribution in [-0.4, -0.2) is 29.7 Å². The average molecular weight is 228 g/mol. The molecule has 1 atom stereocenters. The molecule has 0 aromatic heterocycles. The molecule has 0 spiro atoms. The smallest absolute Gasteiger partial charge is 0.408 e. The van der Waals surface area contributed by atoms with Crippen LogP contribution in [-0.2, 0) is 9.53 Å². The second-order valence-electron chi connectivity index (χ2n) is 5.32. The fourth-order valence-electron chi connectivity index (χ4n) is 1.60. The Labute approximate surface area is 95.9 Å². The molecule has 92 valence electrons. The SMILES string of the molecule is CC(C)(C)OC(=O)NC1(C)CCCNC1=O. The lowest BCUT2D eigenvalue weighted by Gasteiger charge is -2.33. The third-order valence-corrected chi connectivity index (χ3v) is 2.42. The monoisotopic (exact) mass is 228 g/mol. The third-order valence-electron chi connectivity index (χ3n) is 2.42. The molecule has 0 aromatic rings. The molecule has 5 nitrogen and oxygen atoms in total. The van der Waals surface area contributed by atoms with E-state index in [-0.39, 0.29) is 5.91 Å². The fourth-order valence-corrected chi connectivity index (χ4v) is 1.60. The third kappa shape index (κ3) is 3.40. The molecule has 1 aliphatic heterocycles. The van der Waals surface area contributed by atoms with Gasteiger partial charge < -0.3 is 15.4 Å². The summed E-state index contributed by atoms with van der Waals surface area (Å²) in [5.74, 6) is -0.149. The summed E-state index contributed by atoms with van der Waals surface area (Å²) in [4.78, 5) is 23.2. The van der Waals surface area contributed by atoms with E-state index in [1.165, 1.54) is 0 Å². The Morgan fingerprint density at radius 1 is 1.50 bits per heavy atom. The van der Waals surface area contributed by atoms with Gasteiger partial charge in [-0.2, -0.15) is 0 Å². The molecule has 2 amide bonds. The Morgan fingerprint density at radius 3 is 2.62 bits per heavy atom. The Hall–Kier alpha value is -1.26. The van der Waals surface area contributed by atoms with E-state index < -0.39 is 17.2 Å². The fraction of sp³-hybridized carbons (Fsp3) is 0.818. The van der Waals surface area contributed by atoms with Crippen LogP contribution in [0.3, 0.4) is 0 Å². The van der Waals surface area contributed by atoms with Crippen molar-refractivity contribution in [3.63, 3.8) is 0 Å². The van der Waals surface area contributed by atoms with Gasteiger partial charge in [0, 0.05) is 6.54 Å². The largest absolute Gasteiger partial charge is 0.444 e. The van der Waals surface area contributed by atoms with E-state index in [0.717, 1.165) is 6.42 Å². The molecule has 1 rings (SSSR count). The number of carbonyl (C=O) groups excluding carboxylic acids is 2. The van der Waals surface area contributed by atoms with E-state index >= 15 is 0 Å². The quantitative estimate of drug-likeness (QED) is 0.708. The lowest BCUT2D eigenvalue weighted by Crippen LogP contribution is -2.60. The normalized spacial score (nSPS) is 25.9. The van der Waals surface area contributed by atoms with Crippen molar-refractivity contribution in [2.45, 2.75) is 51.7 Å². The van der Waals surface area contributed by atoms with Crippen molar-refractivity contribution in [3.8, 4) is 0 Å². The molecule has 0 aromatic carbocycles.